The van der Waals surface area contributed by atoms with Crippen molar-refractivity contribution in [3.63, 3.8) is 0 Å². The van der Waals surface area contributed by atoms with Gasteiger partial charge in [0.1, 0.15) is 5.84 Å². The Morgan fingerprint density at radius 1 is 1.64 bits per heavy atom. The summed E-state index contributed by atoms with van der Waals surface area (Å²) in [6.45, 7) is 7.34. The Labute approximate surface area is 67.7 Å². The van der Waals surface area contributed by atoms with Crippen molar-refractivity contribution >= 4 is 12.6 Å². The van der Waals surface area contributed by atoms with Gasteiger partial charge in [-0.2, -0.15) is 0 Å². The van der Waals surface area contributed by atoms with Crippen LogP contribution in [0.1, 0.15) is 13.8 Å². The van der Waals surface area contributed by atoms with E-state index in [4.69, 9.17) is 5.41 Å². The third-order valence-corrected chi connectivity index (χ3v) is 1.35. The molecule has 0 aromatic carbocycles. The van der Waals surface area contributed by atoms with E-state index in [1.54, 1.807) is 13.2 Å². The standard InChI is InChI=1S/C8H15N3/c1-6(2)7(5-10-3)8(9)11-4/h5-6,9-10H,4H2,1-3H3. The lowest BCUT2D eigenvalue weighted by molar-refractivity contribution is 0.788. The molecule has 2 N–H and O–H groups in total. The molecule has 0 aliphatic heterocycles. The van der Waals surface area contributed by atoms with Gasteiger partial charge in [-0.3, -0.25) is 5.41 Å². The van der Waals surface area contributed by atoms with E-state index in [9.17, 15) is 0 Å². The van der Waals surface area contributed by atoms with E-state index in [1.807, 2.05) is 13.8 Å². The van der Waals surface area contributed by atoms with Gasteiger partial charge in [0, 0.05) is 18.8 Å². The second-order valence-corrected chi connectivity index (χ2v) is 2.55. The first-order valence-electron chi connectivity index (χ1n) is 3.56. The van der Waals surface area contributed by atoms with Gasteiger partial charge in [-0.25, -0.2) is 4.99 Å². The molecule has 0 radical (unpaired) electrons. The summed E-state index contributed by atoms with van der Waals surface area (Å²) in [6, 6.07) is 0. The number of hydrogen-bond acceptors (Lipinski definition) is 2. The van der Waals surface area contributed by atoms with E-state index < -0.39 is 0 Å². The maximum Gasteiger partial charge on any atom is 0.148 e. The van der Waals surface area contributed by atoms with Gasteiger partial charge in [0.05, 0.1) is 0 Å². The largest absolute Gasteiger partial charge is 0.394 e. The minimum atomic E-state index is 0.245. The number of rotatable bonds is 3. The van der Waals surface area contributed by atoms with Crippen molar-refractivity contribution in [3.05, 3.63) is 11.8 Å². The van der Waals surface area contributed by atoms with Crippen LogP contribution in [-0.2, 0) is 0 Å². The van der Waals surface area contributed by atoms with Crippen molar-refractivity contribution in [1.29, 1.82) is 5.41 Å². The second-order valence-electron chi connectivity index (χ2n) is 2.55. The summed E-state index contributed by atoms with van der Waals surface area (Å²) in [6.07, 6.45) is 1.78. The van der Waals surface area contributed by atoms with Crippen molar-refractivity contribution in [3.8, 4) is 0 Å². The SMILES string of the molecule is C=NC(=N)C(=CNC)C(C)C. The molecule has 0 spiro atoms. The van der Waals surface area contributed by atoms with Gasteiger partial charge < -0.3 is 5.32 Å². The van der Waals surface area contributed by atoms with Gasteiger partial charge in [-0.1, -0.05) is 13.8 Å². The number of aliphatic imine (C=N–C) groups is 1. The van der Waals surface area contributed by atoms with Crippen LogP contribution in [0.25, 0.3) is 0 Å². The Hall–Kier alpha value is -1.12. The van der Waals surface area contributed by atoms with Gasteiger partial charge >= 0.3 is 0 Å². The lowest BCUT2D eigenvalue weighted by Gasteiger charge is -2.08. The van der Waals surface area contributed by atoms with Crippen LogP contribution in [0.5, 0.6) is 0 Å². The highest BCUT2D eigenvalue weighted by molar-refractivity contribution is 5.98. The summed E-state index contributed by atoms with van der Waals surface area (Å²) in [5, 5.41) is 10.3. The van der Waals surface area contributed by atoms with Crippen molar-refractivity contribution in [1.82, 2.24) is 5.32 Å². The molecule has 0 aliphatic rings. The number of nitrogens with zero attached hydrogens (tertiary/aromatic N) is 1. The van der Waals surface area contributed by atoms with E-state index in [0.29, 0.717) is 5.92 Å². The molecule has 0 rings (SSSR count). The zero-order chi connectivity index (χ0) is 8.85. The van der Waals surface area contributed by atoms with Gasteiger partial charge in [-0.05, 0) is 12.6 Å². The van der Waals surface area contributed by atoms with E-state index in [2.05, 4.69) is 17.0 Å². The second kappa shape index (κ2) is 4.66. The molecular formula is C8H15N3. The Morgan fingerprint density at radius 3 is 2.45 bits per heavy atom. The number of amidine groups is 1. The van der Waals surface area contributed by atoms with Crippen molar-refractivity contribution in [2.24, 2.45) is 10.9 Å². The quantitative estimate of drug-likeness (QED) is 0.467. The molecule has 11 heavy (non-hydrogen) atoms. The average Bonchev–Trinajstić information content (AvgIpc) is 1.98. The third-order valence-electron chi connectivity index (χ3n) is 1.35. The van der Waals surface area contributed by atoms with Gasteiger partial charge in [0.2, 0.25) is 0 Å². The fourth-order valence-electron chi connectivity index (χ4n) is 0.755. The summed E-state index contributed by atoms with van der Waals surface area (Å²) in [5.74, 6) is 0.551. The first-order chi connectivity index (χ1) is 5.13. The molecule has 0 fully saturated rings. The van der Waals surface area contributed by atoms with Gasteiger partial charge in [0.25, 0.3) is 0 Å². The highest BCUT2D eigenvalue weighted by Crippen LogP contribution is 2.09. The fourth-order valence-corrected chi connectivity index (χ4v) is 0.755. The lowest BCUT2D eigenvalue weighted by atomic mass is 10.0. The highest BCUT2D eigenvalue weighted by Gasteiger charge is 2.06. The molecule has 0 aliphatic carbocycles. The molecule has 0 atom stereocenters. The summed E-state index contributed by atoms with van der Waals surface area (Å²) in [7, 11) is 1.80. The molecule has 0 amide bonds. The van der Waals surface area contributed by atoms with Crippen LogP contribution >= 0.6 is 0 Å². The molecule has 0 aromatic heterocycles. The molecule has 0 heterocycles. The summed E-state index contributed by atoms with van der Waals surface area (Å²) in [5.41, 5.74) is 0.877. The van der Waals surface area contributed by atoms with E-state index in [-0.39, 0.29) is 5.84 Å². The van der Waals surface area contributed by atoms with Crippen LogP contribution in [0.15, 0.2) is 16.8 Å². The van der Waals surface area contributed by atoms with E-state index in [1.165, 1.54) is 0 Å². The first kappa shape index (κ1) is 9.88. The topological polar surface area (TPSA) is 48.2 Å². The molecule has 0 saturated heterocycles. The normalized spacial score (nSPS) is 11.5. The minimum Gasteiger partial charge on any atom is -0.394 e. The fraction of sp³-hybridized carbons (Fsp3) is 0.500. The Balaban J connectivity index is 4.47. The first-order valence-corrected chi connectivity index (χ1v) is 3.56. The molecule has 0 saturated carbocycles. The van der Waals surface area contributed by atoms with Crippen LogP contribution in [0.3, 0.4) is 0 Å². The smallest absolute Gasteiger partial charge is 0.148 e. The van der Waals surface area contributed by atoms with Crippen LogP contribution in [0.2, 0.25) is 0 Å². The molecule has 0 aromatic rings. The van der Waals surface area contributed by atoms with Crippen LogP contribution in [0, 0.1) is 11.3 Å². The minimum absolute atomic E-state index is 0.245. The predicted molar refractivity (Wildman–Crippen MR) is 49.3 cm³/mol. The average molecular weight is 153 g/mol. The Morgan fingerprint density at radius 2 is 2.18 bits per heavy atom. The van der Waals surface area contributed by atoms with Crippen molar-refractivity contribution < 1.29 is 0 Å². The molecule has 0 unspecified atom stereocenters. The Bertz CT molecular complexity index is 180. The summed E-state index contributed by atoms with van der Waals surface area (Å²) >= 11 is 0. The zero-order valence-corrected chi connectivity index (χ0v) is 7.31. The summed E-state index contributed by atoms with van der Waals surface area (Å²) < 4.78 is 0. The maximum atomic E-state index is 7.39. The van der Waals surface area contributed by atoms with Crippen LogP contribution in [0.4, 0.5) is 0 Å². The van der Waals surface area contributed by atoms with E-state index >= 15 is 0 Å². The molecular weight excluding hydrogens is 138 g/mol. The monoisotopic (exact) mass is 153 g/mol. The van der Waals surface area contributed by atoms with Crippen LogP contribution < -0.4 is 5.32 Å². The number of hydrogen-bond donors (Lipinski definition) is 2. The molecule has 3 heteroatoms. The van der Waals surface area contributed by atoms with Gasteiger partial charge in [0.15, 0.2) is 0 Å². The third kappa shape index (κ3) is 2.98. The van der Waals surface area contributed by atoms with Gasteiger partial charge in [-0.15, -0.1) is 0 Å². The lowest BCUT2D eigenvalue weighted by Crippen LogP contribution is -2.09. The number of nitrogens with one attached hydrogen (secondary N) is 2. The molecule has 62 valence electrons. The van der Waals surface area contributed by atoms with Crippen LogP contribution in [-0.4, -0.2) is 19.6 Å². The molecule has 3 nitrogen and oxygen atoms in total. The Kier molecular flexibility index (Phi) is 4.18. The summed E-state index contributed by atoms with van der Waals surface area (Å²) in [4.78, 5) is 3.55. The zero-order valence-electron chi connectivity index (χ0n) is 7.31. The van der Waals surface area contributed by atoms with Crippen molar-refractivity contribution in [2.75, 3.05) is 7.05 Å². The van der Waals surface area contributed by atoms with E-state index in [0.717, 1.165) is 5.57 Å². The maximum absolute atomic E-state index is 7.39. The highest BCUT2D eigenvalue weighted by atomic mass is 14.8. The predicted octanol–water partition coefficient (Wildman–Crippen LogP) is 1.42. The van der Waals surface area contributed by atoms with Crippen molar-refractivity contribution in [2.45, 2.75) is 13.8 Å². The molecule has 0 bridgehead atoms.